The zero-order valence-electron chi connectivity index (χ0n) is 9.55. The van der Waals surface area contributed by atoms with E-state index in [1.807, 2.05) is 31.4 Å². The number of hydrogen-bond acceptors (Lipinski definition) is 3. The lowest BCUT2D eigenvalue weighted by Gasteiger charge is -2.21. The van der Waals surface area contributed by atoms with Crippen LogP contribution < -0.4 is 5.32 Å². The van der Waals surface area contributed by atoms with Gasteiger partial charge in [-0.05, 0) is 25.2 Å². The van der Waals surface area contributed by atoms with Crippen LogP contribution in [0.2, 0.25) is 0 Å². The molecule has 2 atom stereocenters. The third-order valence-electron chi connectivity index (χ3n) is 2.87. The summed E-state index contributed by atoms with van der Waals surface area (Å²) in [6, 6.07) is 8.22. The van der Waals surface area contributed by atoms with Crippen LogP contribution >= 0.6 is 0 Å². The van der Waals surface area contributed by atoms with Crippen LogP contribution in [-0.4, -0.2) is 12.0 Å². The predicted octanol–water partition coefficient (Wildman–Crippen LogP) is 2.74. The van der Waals surface area contributed by atoms with E-state index in [2.05, 4.69) is 23.3 Å². The van der Waals surface area contributed by atoms with Crippen molar-refractivity contribution in [3.63, 3.8) is 0 Å². The summed E-state index contributed by atoms with van der Waals surface area (Å²) < 4.78 is 5.12. The van der Waals surface area contributed by atoms with Crippen molar-refractivity contribution in [3.8, 4) is 0 Å². The Morgan fingerprint density at radius 2 is 2.19 bits per heavy atom. The van der Waals surface area contributed by atoms with Crippen molar-refractivity contribution in [2.75, 3.05) is 7.05 Å². The Hall–Kier alpha value is -1.61. The van der Waals surface area contributed by atoms with E-state index in [0.717, 1.165) is 11.3 Å². The van der Waals surface area contributed by atoms with Crippen molar-refractivity contribution < 1.29 is 4.42 Å². The Balaban J connectivity index is 2.23. The minimum Gasteiger partial charge on any atom is -0.472 e. The summed E-state index contributed by atoms with van der Waals surface area (Å²) in [7, 11) is 1.96. The zero-order chi connectivity index (χ0) is 11.4. The zero-order valence-corrected chi connectivity index (χ0v) is 9.55. The predicted molar refractivity (Wildman–Crippen MR) is 63.2 cm³/mol. The lowest BCUT2D eigenvalue weighted by Crippen LogP contribution is -2.22. The fourth-order valence-corrected chi connectivity index (χ4v) is 1.97. The first-order valence-corrected chi connectivity index (χ1v) is 5.43. The lowest BCUT2D eigenvalue weighted by molar-refractivity contribution is 0.487. The molecule has 0 saturated carbocycles. The average molecular weight is 216 g/mol. The van der Waals surface area contributed by atoms with Crippen LogP contribution in [0.3, 0.4) is 0 Å². The summed E-state index contributed by atoms with van der Waals surface area (Å²) in [4.78, 5) is 4.39. The number of nitrogens with one attached hydrogen (secondary N) is 1. The second kappa shape index (κ2) is 4.94. The van der Waals surface area contributed by atoms with Gasteiger partial charge in [0.05, 0.1) is 12.5 Å². The number of pyridine rings is 1. The van der Waals surface area contributed by atoms with Gasteiger partial charge in [0.15, 0.2) is 0 Å². The first-order chi connectivity index (χ1) is 7.83. The molecule has 2 unspecified atom stereocenters. The molecular weight excluding hydrogens is 200 g/mol. The van der Waals surface area contributed by atoms with Gasteiger partial charge in [-0.2, -0.15) is 0 Å². The van der Waals surface area contributed by atoms with Crippen molar-refractivity contribution >= 4 is 0 Å². The number of aromatic nitrogens is 1. The van der Waals surface area contributed by atoms with Crippen LogP contribution in [0.4, 0.5) is 0 Å². The molecule has 0 saturated heterocycles. The molecule has 0 radical (unpaired) electrons. The second-order valence-corrected chi connectivity index (χ2v) is 3.87. The highest BCUT2D eigenvalue weighted by Crippen LogP contribution is 2.29. The maximum absolute atomic E-state index is 5.12. The van der Waals surface area contributed by atoms with Crippen LogP contribution in [0, 0.1) is 0 Å². The average Bonchev–Trinajstić information content (AvgIpc) is 2.85. The highest BCUT2D eigenvalue weighted by Gasteiger charge is 2.20. The van der Waals surface area contributed by atoms with Crippen LogP contribution in [0.5, 0.6) is 0 Å². The molecule has 2 heterocycles. The lowest BCUT2D eigenvalue weighted by atomic mass is 9.93. The van der Waals surface area contributed by atoms with E-state index in [1.165, 1.54) is 0 Å². The number of furan rings is 1. The fourth-order valence-electron chi connectivity index (χ4n) is 1.97. The number of hydrogen-bond donors (Lipinski definition) is 1. The van der Waals surface area contributed by atoms with E-state index in [9.17, 15) is 0 Å². The van der Waals surface area contributed by atoms with Crippen molar-refractivity contribution in [3.05, 3.63) is 54.2 Å². The SMILES string of the molecule is CNC(c1ccoc1)C(C)c1ccccn1. The summed E-state index contributed by atoms with van der Waals surface area (Å²) in [6.45, 7) is 2.16. The first kappa shape index (κ1) is 10.9. The van der Waals surface area contributed by atoms with Gasteiger partial charge in [0.2, 0.25) is 0 Å². The Bertz CT molecular complexity index is 411. The minimum absolute atomic E-state index is 0.230. The molecule has 84 valence electrons. The van der Waals surface area contributed by atoms with E-state index in [-0.39, 0.29) is 6.04 Å². The molecule has 3 heteroatoms. The molecule has 2 rings (SSSR count). The van der Waals surface area contributed by atoms with Gasteiger partial charge in [-0.25, -0.2) is 0 Å². The van der Waals surface area contributed by atoms with Gasteiger partial charge in [0, 0.05) is 29.4 Å². The summed E-state index contributed by atoms with van der Waals surface area (Å²) in [5.41, 5.74) is 2.24. The highest BCUT2D eigenvalue weighted by atomic mass is 16.3. The Kier molecular flexibility index (Phi) is 3.37. The summed E-state index contributed by atoms with van der Waals surface area (Å²) in [5, 5.41) is 3.30. The third kappa shape index (κ3) is 2.14. The number of likely N-dealkylation sites (N-methyl/N-ethyl adjacent to an activating group) is 1. The number of rotatable bonds is 4. The van der Waals surface area contributed by atoms with Crippen molar-refractivity contribution in [1.29, 1.82) is 0 Å². The maximum Gasteiger partial charge on any atom is 0.0950 e. The maximum atomic E-state index is 5.12. The van der Waals surface area contributed by atoms with Gasteiger partial charge >= 0.3 is 0 Å². The van der Waals surface area contributed by atoms with Gasteiger partial charge in [-0.3, -0.25) is 4.98 Å². The second-order valence-electron chi connectivity index (χ2n) is 3.87. The van der Waals surface area contributed by atoms with Gasteiger partial charge in [0.25, 0.3) is 0 Å². The number of nitrogens with zero attached hydrogens (tertiary/aromatic N) is 1. The van der Waals surface area contributed by atoms with Gasteiger partial charge in [-0.1, -0.05) is 13.0 Å². The van der Waals surface area contributed by atoms with E-state index in [1.54, 1.807) is 12.5 Å². The largest absolute Gasteiger partial charge is 0.472 e. The quantitative estimate of drug-likeness (QED) is 0.854. The Labute approximate surface area is 95.5 Å². The summed E-state index contributed by atoms with van der Waals surface area (Å²) >= 11 is 0. The minimum atomic E-state index is 0.230. The van der Waals surface area contributed by atoms with Crippen molar-refractivity contribution in [1.82, 2.24) is 10.3 Å². The summed E-state index contributed by atoms with van der Waals surface area (Å²) in [6.07, 6.45) is 5.30. The molecule has 0 fully saturated rings. The Morgan fingerprint density at radius 3 is 2.75 bits per heavy atom. The van der Waals surface area contributed by atoms with Gasteiger partial charge in [0.1, 0.15) is 0 Å². The van der Waals surface area contributed by atoms with E-state index >= 15 is 0 Å². The van der Waals surface area contributed by atoms with Crippen molar-refractivity contribution in [2.24, 2.45) is 0 Å². The molecule has 1 N–H and O–H groups in total. The van der Waals surface area contributed by atoms with Gasteiger partial charge < -0.3 is 9.73 Å². The molecule has 0 spiro atoms. The standard InChI is InChI=1S/C13H16N2O/c1-10(12-5-3-4-7-15-12)13(14-2)11-6-8-16-9-11/h3-10,13-14H,1-2H3. The van der Waals surface area contributed by atoms with E-state index in [0.29, 0.717) is 5.92 Å². The molecule has 0 aromatic carbocycles. The molecule has 0 aliphatic carbocycles. The molecule has 16 heavy (non-hydrogen) atoms. The molecule has 0 aliphatic rings. The monoisotopic (exact) mass is 216 g/mol. The van der Waals surface area contributed by atoms with Crippen LogP contribution in [0.1, 0.15) is 30.1 Å². The smallest absolute Gasteiger partial charge is 0.0950 e. The molecular formula is C13H16N2O. The molecule has 0 aliphatic heterocycles. The molecule has 3 nitrogen and oxygen atoms in total. The van der Waals surface area contributed by atoms with E-state index in [4.69, 9.17) is 4.42 Å². The molecule has 0 bridgehead atoms. The van der Waals surface area contributed by atoms with E-state index < -0.39 is 0 Å². The van der Waals surface area contributed by atoms with Gasteiger partial charge in [-0.15, -0.1) is 0 Å². The molecule has 0 amide bonds. The molecule has 2 aromatic heterocycles. The van der Waals surface area contributed by atoms with Crippen molar-refractivity contribution in [2.45, 2.75) is 18.9 Å². The van der Waals surface area contributed by atoms with Crippen LogP contribution in [0.15, 0.2) is 47.4 Å². The topological polar surface area (TPSA) is 38.1 Å². The van der Waals surface area contributed by atoms with Crippen LogP contribution in [-0.2, 0) is 0 Å². The first-order valence-electron chi connectivity index (χ1n) is 5.43. The normalized spacial score (nSPS) is 14.6. The third-order valence-corrected chi connectivity index (χ3v) is 2.87. The highest BCUT2D eigenvalue weighted by molar-refractivity contribution is 5.20. The summed E-state index contributed by atoms with van der Waals surface area (Å²) in [5.74, 6) is 0.309. The fraction of sp³-hybridized carbons (Fsp3) is 0.308. The van der Waals surface area contributed by atoms with Crippen LogP contribution in [0.25, 0.3) is 0 Å². The molecule has 2 aromatic rings. The Morgan fingerprint density at radius 1 is 1.31 bits per heavy atom.